The van der Waals surface area contributed by atoms with Crippen molar-refractivity contribution in [2.45, 2.75) is 0 Å². The van der Waals surface area contributed by atoms with Crippen molar-refractivity contribution in [1.29, 1.82) is 0 Å². The highest BCUT2D eigenvalue weighted by molar-refractivity contribution is 6.30. The Kier molecular flexibility index (Phi) is 4.02. The monoisotopic (exact) mass is 312 g/mol. The number of nitrogens with one attached hydrogen (secondary N) is 2. The average Bonchev–Trinajstić information content (AvgIpc) is 2.52. The number of nitrogens with two attached hydrogens (primary N) is 1. The van der Waals surface area contributed by atoms with E-state index in [1.54, 1.807) is 24.5 Å². The Labute approximate surface area is 132 Å². The Morgan fingerprint density at radius 3 is 2.27 bits per heavy atom. The van der Waals surface area contributed by atoms with Crippen LogP contribution in [-0.2, 0) is 0 Å². The molecule has 110 valence electrons. The first-order chi connectivity index (χ1) is 10.7. The first-order valence-corrected chi connectivity index (χ1v) is 6.90. The summed E-state index contributed by atoms with van der Waals surface area (Å²) < 4.78 is 0. The lowest BCUT2D eigenvalue weighted by Gasteiger charge is -2.12. The molecule has 0 saturated heterocycles. The molecule has 1 aromatic carbocycles. The van der Waals surface area contributed by atoms with Crippen LogP contribution in [0.25, 0.3) is 0 Å². The van der Waals surface area contributed by atoms with E-state index in [0.717, 1.165) is 11.4 Å². The van der Waals surface area contributed by atoms with Crippen LogP contribution in [0.3, 0.4) is 0 Å². The largest absolute Gasteiger partial charge is 0.393 e. The summed E-state index contributed by atoms with van der Waals surface area (Å²) in [5, 5.41) is 6.89. The predicted molar refractivity (Wildman–Crippen MR) is 88.7 cm³/mol. The standard InChI is InChI=1S/C15H13ClN6/c16-10-2-1-3-12(8-10)22-15-13(17)14(19-9-20-15)21-11-4-6-18-7-5-11/h1-9H,17H2,(H2,18,19,20,21,22). The zero-order valence-electron chi connectivity index (χ0n) is 11.5. The van der Waals surface area contributed by atoms with Gasteiger partial charge < -0.3 is 16.4 Å². The molecule has 0 aliphatic heterocycles. The van der Waals surface area contributed by atoms with Gasteiger partial charge in [-0.1, -0.05) is 17.7 Å². The van der Waals surface area contributed by atoms with Gasteiger partial charge in [0.05, 0.1) is 0 Å². The molecule has 0 unspecified atom stereocenters. The van der Waals surface area contributed by atoms with Gasteiger partial charge >= 0.3 is 0 Å². The van der Waals surface area contributed by atoms with E-state index in [9.17, 15) is 0 Å². The lowest BCUT2D eigenvalue weighted by molar-refractivity contribution is 1.17. The van der Waals surface area contributed by atoms with Crippen molar-refractivity contribution >= 4 is 40.3 Å². The molecule has 0 bridgehead atoms. The quantitative estimate of drug-likeness (QED) is 0.682. The molecule has 3 aromatic rings. The maximum Gasteiger partial charge on any atom is 0.159 e. The second kappa shape index (κ2) is 6.28. The third-order valence-electron chi connectivity index (χ3n) is 2.91. The molecule has 22 heavy (non-hydrogen) atoms. The lowest BCUT2D eigenvalue weighted by Crippen LogP contribution is -2.05. The van der Waals surface area contributed by atoms with E-state index in [4.69, 9.17) is 17.3 Å². The first-order valence-electron chi connectivity index (χ1n) is 6.52. The summed E-state index contributed by atoms with van der Waals surface area (Å²) in [6.07, 6.45) is 4.81. The van der Waals surface area contributed by atoms with Crippen LogP contribution >= 0.6 is 11.6 Å². The highest BCUT2D eigenvalue weighted by Gasteiger charge is 2.08. The van der Waals surface area contributed by atoms with Crippen molar-refractivity contribution in [2.75, 3.05) is 16.4 Å². The predicted octanol–water partition coefficient (Wildman–Crippen LogP) is 3.59. The lowest BCUT2D eigenvalue weighted by atomic mass is 10.3. The molecule has 0 atom stereocenters. The van der Waals surface area contributed by atoms with Crippen molar-refractivity contribution in [2.24, 2.45) is 0 Å². The molecule has 3 rings (SSSR count). The smallest absolute Gasteiger partial charge is 0.159 e. The number of benzene rings is 1. The Balaban J connectivity index is 1.86. The van der Waals surface area contributed by atoms with Gasteiger partial charge in [0, 0.05) is 28.8 Å². The minimum Gasteiger partial charge on any atom is -0.393 e. The Hall–Kier alpha value is -2.86. The van der Waals surface area contributed by atoms with Crippen molar-refractivity contribution < 1.29 is 0 Å². The van der Waals surface area contributed by atoms with E-state index >= 15 is 0 Å². The Morgan fingerprint density at radius 2 is 1.59 bits per heavy atom. The average molecular weight is 313 g/mol. The van der Waals surface area contributed by atoms with Gasteiger partial charge in [-0.2, -0.15) is 0 Å². The van der Waals surface area contributed by atoms with Crippen LogP contribution in [-0.4, -0.2) is 15.0 Å². The highest BCUT2D eigenvalue weighted by Crippen LogP contribution is 2.28. The Morgan fingerprint density at radius 1 is 0.909 bits per heavy atom. The van der Waals surface area contributed by atoms with Gasteiger partial charge in [-0.05, 0) is 30.3 Å². The molecule has 0 spiro atoms. The van der Waals surface area contributed by atoms with Gasteiger partial charge in [0.2, 0.25) is 0 Å². The molecule has 7 heteroatoms. The van der Waals surface area contributed by atoms with Crippen LogP contribution in [0.2, 0.25) is 5.02 Å². The maximum atomic E-state index is 6.12. The first kappa shape index (κ1) is 14.1. The van der Waals surface area contributed by atoms with Crippen LogP contribution in [0, 0.1) is 0 Å². The molecule has 0 amide bonds. The van der Waals surface area contributed by atoms with Gasteiger partial charge in [0.15, 0.2) is 11.6 Å². The molecule has 0 aliphatic rings. The number of hydrogen-bond donors (Lipinski definition) is 3. The number of pyridine rings is 1. The molecule has 2 aromatic heterocycles. The number of anilines is 5. The number of nitrogens with zero attached hydrogens (tertiary/aromatic N) is 3. The summed E-state index contributed by atoms with van der Waals surface area (Å²) >= 11 is 5.97. The SMILES string of the molecule is Nc1c(Nc2ccncc2)ncnc1Nc1cccc(Cl)c1. The minimum absolute atomic E-state index is 0.416. The normalized spacial score (nSPS) is 10.2. The van der Waals surface area contributed by atoms with Crippen molar-refractivity contribution in [1.82, 2.24) is 15.0 Å². The summed E-state index contributed by atoms with van der Waals surface area (Å²) in [4.78, 5) is 12.3. The topological polar surface area (TPSA) is 88.8 Å². The minimum atomic E-state index is 0.416. The zero-order valence-corrected chi connectivity index (χ0v) is 12.2. The molecular formula is C15H13ClN6. The fraction of sp³-hybridized carbons (Fsp3) is 0. The molecule has 6 nitrogen and oxygen atoms in total. The Bertz CT molecular complexity index is 778. The molecular weight excluding hydrogens is 300 g/mol. The maximum absolute atomic E-state index is 6.12. The van der Waals surface area contributed by atoms with E-state index in [1.165, 1.54) is 6.33 Å². The van der Waals surface area contributed by atoms with E-state index in [2.05, 4.69) is 25.6 Å². The summed E-state index contributed by atoms with van der Waals surface area (Å²) in [7, 11) is 0. The van der Waals surface area contributed by atoms with E-state index in [-0.39, 0.29) is 0 Å². The van der Waals surface area contributed by atoms with Gasteiger partial charge in [-0.25, -0.2) is 9.97 Å². The fourth-order valence-electron chi connectivity index (χ4n) is 1.87. The van der Waals surface area contributed by atoms with Crippen molar-refractivity contribution in [3.8, 4) is 0 Å². The molecule has 4 N–H and O–H groups in total. The second-order valence-corrected chi connectivity index (χ2v) is 4.92. The van der Waals surface area contributed by atoms with Gasteiger partial charge in [0.1, 0.15) is 12.0 Å². The van der Waals surface area contributed by atoms with Gasteiger partial charge in [-0.15, -0.1) is 0 Å². The van der Waals surface area contributed by atoms with Crippen molar-refractivity contribution in [3.63, 3.8) is 0 Å². The van der Waals surface area contributed by atoms with Crippen LogP contribution < -0.4 is 16.4 Å². The van der Waals surface area contributed by atoms with Gasteiger partial charge in [-0.3, -0.25) is 4.98 Å². The van der Waals surface area contributed by atoms with Crippen LogP contribution in [0.5, 0.6) is 0 Å². The third kappa shape index (κ3) is 3.24. The molecule has 0 radical (unpaired) electrons. The number of nitrogen functional groups attached to an aromatic ring is 1. The van der Waals surface area contributed by atoms with Crippen LogP contribution in [0.15, 0.2) is 55.1 Å². The summed E-state index contributed by atoms with van der Waals surface area (Å²) in [5.41, 5.74) is 8.18. The number of aromatic nitrogens is 3. The van der Waals surface area contributed by atoms with Crippen LogP contribution in [0.1, 0.15) is 0 Å². The highest BCUT2D eigenvalue weighted by atomic mass is 35.5. The van der Waals surface area contributed by atoms with E-state index < -0.39 is 0 Å². The van der Waals surface area contributed by atoms with E-state index in [1.807, 2.05) is 24.3 Å². The molecule has 0 fully saturated rings. The number of halogens is 1. The summed E-state index contributed by atoms with van der Waals surface area (Å²) in [6, 6.07) is 11.0. The van der Waals surface area contributed by atoms with Crippen molar-refractivity contribution in [3.05, 3.63) is 60.1 Å². The fourth-order valence-corrected chi connectivity index (χ4v) is 2.06. The van der Waals surface area contributed by atoms with E-state index in [0.29, 0.717) is 22.3 Å². The second-order valence-electron chi connectivity index (χ2n) is 4.48. The molecule has 0 aliphatic carbocycles. The number of hydrogen-bond acceptors (Lipinski definition) is 6. The summed E-state index contributed by atoms with van der Waals surface area (Å²) in [6.45, 7) is 0. The zero-order chi connectivity index (χ0) is 15.4. The molecule has 0 saturated carbocycles. The van der Waals surface area contributed by atoms with Gasteiger partial charge in [0.25, 0.3) is 0 Å². The molecule has 2 heterocycles. The number of rotatable bonds is 4. The third-order valence-corrected chi connectivity index (χ3v) is 3.15. The van der Waals surface area contributed by atoms with Crippen LogP contribution in [0.4, 0.5) is 28.7 Å². The summed E-state index contributed by atoms with van der Waals surface area (Å²) in [5.74, 6) is 1.03.